The fourth-order valence-corrected chi connectivity index (χ4v) is 2.33. The van der Waals surface area contributed by atoms with Crippen molar-refractivity contribution in [3.8, 4) is 0 Å². The Morgan fingerprint density at radius 3 is 2.61 bits per heavy atom. The fraction of sp³-hybridized carbons (Fsp3) is 0.714. The molecule has 0 unspecified atom stereocenters. The minimum atomic E-state index is -0.303. The molecular weight excluding hydrogens is 226 g/mol. The van der Waals surface area contributed by atoms with Gasteiger partial charge in [-0.05, 0) is 19.5 Å². The van der Waals surface area contributed by atoms with Crippen molar-refractivity contribution in [2.45, 2.75) is 12.5 Å². The average Bonchev–Trinajstić information content (AvgIpc) is 2.58. The van der Waals surface area contributed by atoms with E-state index in [-0.39, 0.29) is 6.10 Å². The van der Waals surface area contributed by atoms with Gasteiger partial charge in [-0.25, -0.2) is 0 Å². The first-order valence-electron chi connectivity index (χ1n) is 6.81. The minimum Gasteiger partial charge on any atom is -0.390 e. The molecule has 0 aromatic heterocycles. The monoisotopic (exact) mass is 253 g/mol. The van der Waals surface area contributed by atoms with Crippen molar-refractivity contribution >= 4 is 0 Å². The van der Waals surface area contributed by atoms with Gasteiger partial charge < -0.3 is 10.4 Å². The van der Waals surface area contributed by atoms with Crippen LogP contribution in [0.25, 0.3) is 0 Å². The first-order valence-corrected chi connectivity index (χ1v) is 6.81. The third-order valence-electron chi connectivity index (χ3n) is 3.15. The van der Waals surface area contributed by atoms with Gasteiger partial charge in [0.15, 0.2) is 0 Å². The Morgan fingerprint density at radius 1 is 1.22 bits per heavy atom. The van der Waals surface area contributed by atoms with Crippen molar-refractivity contribution in [3.63, 3.8) is 0 Å². The van der Waals surface area contributed by atoms with Gasteiger partial charge in [-0.3, -0.25) is 9.80 Å². The number of aliphatic hydroxyl groups excluding tert-OH is 1. The molecule has 18 heavy (non-hydrogen) atoms. The lowest BCUT2D eigenvalue weighted by atomic mass is 10.2. The summed E-state index contributed by atoms with van der Waals surface area (Å²) in [5.41, 5.74) is 0. The van der Waals surface area contributed by atoms with Gasteiger partial charge in [0.05, 0.1) is 6.10 Å². The summed E-state index contributed by atoms with van der Waals surface area (Å²) in [6, 6.07) is 0. The quantitative estimate of drug-likeness (QED) is 0.611. The molecule has 4 nitrogen and oxygen atoms in total. The predicted molar refractivity (Wildman–Crippen MR) is 76.8 cm³/mol. The number of hydrogen-bond acceptors (Lipinski definition) is 4. The van der Waals surface area contributed by atoms with E-state index in [4.69, 9.17) is 0 Å². The summed E-state index contributed by atoms with van der Waals surface area (Å²) in [4.78, 5) is 4.49. The van der Waals surface area contributed by atoms with Crippen LogP contribution in [0.4, 0.5) is 0 Å². The van der Waals surface area contributed by atoms with Crippen molar-refractivity contribution in [3.05, 3.63) is 25.3 Å². The maximum atomic E-state index is 10.1. The summed E-state index contributed by atoms with van der Waals surface area (Å²) < 4.78 is 0. The van der Waals surface area contributed by atoms with Gasteiger partial charge >= 0.3 is 0 Å². The van der Waals surface area contributed by atoms with Crippen molar-refractivity contribution in [1.29, 1.82) is 0 Å². The van der Waals surface area contributed by atoms with Crippen molar-refractivity contribution < 1.29 is 5.11 Å². The Bertz CT molecular complexity index is 227. The molecule has 104 valence electrons. The highest BCUT2D eigenvalue weighted by Gasteiger charge is 2.15. The number of rotatable bonds is 8. The Morgan fingerprint density at radius 2 is 1.94 bits per heavy atom. The molecule has 0 aromatic carbocycles. The minimum absolute atomic E-state index is 0.303. The second-order valence-corrected chi connectivity index (χ2v) is 4.85. The van der Waals surface area contributed by atoms with Crippen LogP contribution in [-0.4, -0.2) is 73.4 Å². The largest absolute Gasteiger partial charge is 0.390 e. The molecule has 0 saturated carbocycles. The zero-order valence-corrected chi connectivity index (χ0v) is 11.4. The molecule has 2 N–H and O–H groups in total. The number of hydrogen-bond donors (Lipinski definition) is 2. The third kappa shape index (κ3) is 6.31. The maximum Gasteiger partial charge on any atom is 0.0794 e. The molecular formula is C14H27N3O. The van der Waals surface area contributed by atoms with Crippen LogP contribution in [0.2, 0.25) is 0 Å². The number of nitrogens with zero attached hydrogens (tertiary/aromatic N) is 2. The topological polar surface area (TPSA) is 38.7 Å². The normalized spacial score (nSPS) is 19.4. The number of nitrogens with one attached hydrogen (secondary N) is 1. The molecule has 0 aromatic rings. The summed E-state index contributed by atoms with van der Waals surface area (Å²) >= 11 is 0. The Labute approximate surface area is 111 Å². The van der Waals surface area contributed by atoms with Gasteiger partial charge in [0.2, 0.25) is 0 Å². The van der Waals surface area contributed by atoms with Crippen molar-refractivity contribution in [1.82, 2.24) is 15.1 Å². The Balaban J connectivity index is 2.30. The molecule has 0 amide bonds. The van der Waals surface area contributed by atoms with Gasteiger partial charge in [-0.15, -0.1) is 13.2 Å². The van der Waals surface area contributed by atoms with Crippen LogP contribution in [0.3, 0.4) is 0 Å². The zero-order chi connectivity index (χ0) is 13.2. The SMILES string of the molecule is C=CCN(CC=C)C[C@H](O)CN1CCCNCC1. The van der Waals surface area contributed by atoms with Gasteiger partial charge in [0.25, 0.3) is 0 Å². The molecule has 1 heterocycles. The molecule has 1 aliphatic heterocycles. The van der Waals surface area contributed by atoms with Gasteiger partial charge in [0.1, 0.15) is 0 Å². The van der Waals surface area contributed by atoms with Gasteiger partial charge in [-0.2, -0.15) is 0 Å². The van der Waals surface area contributed by atoms with E-state index < -0.39 is 0 Å². The first-order chi connectivity index (χ1) is 8.76. The summed E-state index contributed by atoms with van der Waals surface area (Å²) in [6.45, 7) is 14.7. The molecule has 4 heteroatoms. The van der Waals surface area contributed by atoms with Crippen LogP contribution in [0, 0.1) is 0 Å². The maximum absolute atomic E-state index is 10.1. The lowest BCUT2D eigenvalue weighted by Gasteiger charge is -2.27. The van der Waals surface area contributed by atoms with E-state index in [0.717, 1.165) is 52.2 Å². The molecule has 1 rings (SSSR count). The highest BCUT2D eigenvalue weighted by Crippen LogP contribution is 2.00. The molecule has 0 bridgehead atoms. The molecule has 0 spiro atoms. The van der Waals surface area contributed by atoms with Crippen LogP contribution in [0.5, 0.6) is 0 Å². The smallest absolute Gasteiger partial charge is 0.0794 e. The van der Waals surface area contributed by atoms with E-state index in [9.17, 15) is 5.11 Å². The zero-order valence-electron chi connectivity index (χ0n) is 11.4. The predicted octanol–water partition coefficient (Wildman–Crippen LogP) is 0.317. The highest BCUT2D eigenvalue weighted by atomic mass is 16.3. The van der Waals surface area contributed by atoms with Crippen LogP contribution in [0.1, 0.15) is 6.42 Å². The van der Waals surface area contributed by atoms with Crippen molar-refractivity contribution in [2.75, 3.05) is 52.4 Å². The third-order valence-corrected chi connectivity index (χ3v) is 3.15. The molecule has 0 radical (unpaired) electrons. The second kappa shape index (κ2) is 9.28. The molecule has 1 saturated heterocycles. The second-order valence-electron chi connectivity index (χ2n) is 4.85. The lowest BCUT2D eigenvalue weighted by molar-refractivity contribution is 0.0833. The molecule has 1 fully saturated rings. The highest BCUT2D eigenvalue weighted by molar-refractivity contribution is 4.82. The van der Waals surface area contributed by atoms with Crippen LogP contribution in [-0.2, 0) is 0 Å². The first kappa shape index (κ1) is 15.4. The summed E-state index contributed by atoms with van der Waals surface area (Å²) in [5.74, 6) is 0. The average molecular weight is 253 g/mol. The van der Waals surface area contributed by atoms with E-state index in [1.807, 2.05) is 12.2 Å². The Hall–Kier alpha value is -0.680. The molecule has 1 aliphatic rings. The summed E-state index contributed by atoms with van der Waals surface area (Å²) in [6.07, 6.45) is 4.59. The van der Waals surface area contributed by atoms with E-state index in [0.29, 0.717) is 6.54 Å². The van der Waals surface area contributed by atoms with E-state index in [1.165, 1.54) is 0 Å². The van der Waals surface area contributed by atoms with Crippen LogP contribution in [0.15, 0.2) is 25.3 Å². The van der Waals surface area contributed by atoms with Gasteiger partial charge in [0, 0.05) is 39.3 Å². The number of β-amino-alcohol motifs (C(OH)–C–C–N with tert-alkyl or cyclic N) is 1. The van der Waals surface area contributed by atoms with E-state index in [2.05, 4.69) is 28.3 Å². The molecule has 1 atom stereocenters. The lowest BCUT2D eigenvalue weighted by Crippen LogP contribution is -2.41. The Kier molecular flexibility index (Phi) is 7.93. The number of aliphatic hydroxyl groups is 1. The standard InChI is InChI=1S/C14H27N3O/c1-3-8-16(9-4-2)12-14(18)13-17-10-5-6-15-7-11-17/h3-4,14-15,18H,1-2,5-13H2/t14-/m0/s1. The van der Waals surface area contributed by atoms with Gasteiger partial charge in [-0.1, -0.05) is 12.2 Å². The molecule has 0 aliphatic carbocycles. The van der Waals surface area contributed by atoms with E-state index in [1.54, 1.807) is 0 Å². The summed E-state index contributed by atoms with van der Waals surface area (Å²) in [5, 5.41) is 13.5. The van der Waals surface area contributed by atoms with Crippen LogP contribution >= 0.6 is 0 Å². The fourth-order valence-electron chi connectivity index (χ4n) is 2.33. The van der Waals surface area contributed by atoms with Crippen LogP contribution < -0.4 is 5.32 Å². The van der Waals surface area contributed by atoms with E-state index >= 15 is 0 Å². The van der Waals surface area contributed by atoms with Crippen molar-refractivity contribution in [2.24, 2.45) is 0 Å². The summed E-state index contributed by atoms with van der Waals surface area (Å²) in [7, 11) is 0.